The summed E-state index contributed by atoms with van der Waals surface area (Å²) in [5, 5.41) is 20.0. The Morgan fingerprint density at radius 3 is 2.15 bits per heavy atom. The molecule has 1 unspecified atom stereocenters. The minimum Gasteiger partial charge on any atom is -0.508 e. The fraction of sp³-hybridized carbons (Fsp3) is 0.167. The van der Waals surface area contributed by atoms with Crippen LogP contribution in [0.1, 0.15) is 27.8 Å². The van der Waals surface area contributed by atoms with Crippen molar-refractivity contribution in [3.8, 4) is 11.5 Å². The Labute approximate surface area is 153 Å². The van der Waals surface area contributed by atoms with Crippen molar-refractivity contribution in [2.75, 3.05) is 0 Å². The summed E-state index contributed by atoms with van der Waals surface area (Å²) in [6, 6.07) is 21.9. The Balaban J connectivity index is 1.67. The highest BCUT2D eigenvalue weighted by atomic mass is 16.3. The van der Waals surface area contributed by atoms with Gasteiger partial charge in [0, 0.05) is 5.41 Å². The lowest BCUT2D eigenvalue weighted by Gasteiger charge is -2.26. The molecule has 0 saturated carbocycles. The molecule has 1 atom stereocenters. The van der Waals surface area contributed by atoms with Gasteiger partial charge in [0.25, 0.3) is 0 Å². The molecule has 1 spiro atoms. The Hall–Kier alpha value is -3.00. The monoisotopic (exact) mass is 340 g/mol. The molecule has 2 aliphatic carbocycles. The van der Waals surface area contributed by atoms with Crippen LogP contribution in [0.25, 0.3) is 11.6 Å². The molecule has 2 heteroatoms. The highest BCUT2D eigenvalue weighted by Gasteiger charge is 2.45. The molecule has 0 heterocycles. The summed E-state index contributed by atoms with van der Waals surface area (Å²) in [6.45, 7) is 0. The van der Waals surface area contributed by atoms with Crippen LogP contribution in [-0.4, -0.2) is 10.2 Å². The van der Waals surface area contributed by atoms with Crippen LogP contribution in [0.4, 0.5) is 0 Å². The van der Waals surface area contributed by atoms with Crippen molar-refractivity contribution in [2.24, 2.45) is 5.41 Å². The first-order valence-electron chi connectivity index (χ1n) is 9.03. The van der Waals surface area contributed by atoms with Crippen LogP contribution < -0.4 is 0 Å². The second-order valence-electron chi connectivity index (χ2n) is 7.57. The zero-order chi connectivity index (χ0) is 17.7. The van der Waals surface area contributed by atoms with Crippen LogP contribution in [0.3, 0.4) is 0 Å². The molecule has 26 heavy (non-hydrogen) atoms. The van der Waals surface area contributed by atoms with Gasteiger partial charge < -0.3 is 10.2 Å². The lowest BCUT2D eigenvalue weighted by atomic mass is 9.77. The average Bonchev–Trinajstić information content (AvgIpc) is 3.13. The summed E-state index contributed by atoms with van der Waals surface area (Å²) in [5.74, 6) is 0.649. The minimum atomic E-state index is 0.00208. The van der Waals surface area contributed by atoms with Crippen molar-refractivity contribution in [3.63, 3.8) is 0 Å². The van der Waals surface area contributed by atoms with Gasteiger partial charge in [-0.25, -0.2) is 0 Å². The predicted molar refractivity (Wildman–Crippen MR) is 104 cm³/mol. The second-order valence-corrected chi connectivity index (χ2v) is 7.57. The van der Waals surface area contributed by atoms with Crippen LogP contribution in [-0.2, 0) is 19.3 Å². The Morgan fingerprint density at radius 1 is 0.692 bits per heavy atom. The third-order valence-corrected chi connectivity index (χ3v) is 5.84. The summed E-state index contributed by atoms with van der Waals surface area (Å²) in [6.07, 6.45) is 5.13. The zero-order valence-corrected chi connectivity index (χ0v) is 14.4. The largest absolute Gasteiger partial charge is 0.508 e. The van der Waals surface area contributed by atoms with Gasteiger partial charge in [-0.1, -0.05) is 48.5 Å². The number of benzene rings is 3. The Kier molecular flexibility index (Phi) is 3.23. The molecule has 0 bridgehead atoms. The third-order valence-electron chi connectivity index (χ3n) is 5.84. The van der Waals surface area contributed by atoms with Crippen LogP contribution in [0.5, 0.6) is 11.5 Å². The van der Waals surface area contributed by atoms with E-state index in [0.29, 0.717) is 11.5 Å². The van der Waals surface area contributed by atoms with Gasteiger partial charge in [-0.05, 0) is 76.9 Å². The molecule has 5 rings (SSSR count). The Morgan fingerprint density at radius 2 is 1.35 bits per heavy atom. The fourth-order valence-corrected chi connectivity index (χ4v) is 4.72. The smallest absolute Gasteiger partial charge is 0.116 e. The molecule has 2 nitrogen and oxygen atoms in total. The first kappa shape index (κ1) is 15.3. The molecule has 2 N–H and O–H groups in total. The molecule has 0 saturated heterocycles. The fourth-order valence-electron chi connectivity index (χ4n) is 4.72. The number of aromatic hydroxyl groups is 2. The van der Waals surface area contributed by atoms with E-state index in [1.807, 2.05) is 18.2 Å². The van der Waals surface area contributed by atoms with Crippen molar-refractivity contribution in [2.45, 2.75) is 19.3 Å². The van der Waals surface area contributed by atoms with Gasteiger partial charge in [-0.2, -0.15) is 0 Å². The van der Waals surface area contributed by atoms with Gasteiger partial charge in [0.1, 0.15) is 11.5 Å². The van der Waals surface area contributed by atoms with Crippen LogP contribution in [0.2, 0.25) is 0 Å². The molecule has 0 fully saturated rings. The molecular formula is C24H20O2. The lowest BCUT2D eigenvalue weighted by Crippen LogP contribution is -2.20. The standard InChI is InChI=1S/C24H20O2/c25-20-8-6-17-13-24(15-19(17)11-20)14-18-7-9-21(26)12-22(18)23(24)10-16-4-2-1-3-5-16/h1-12,25-26H,13-15H2/b23-10+. The van der Waals surface area contributed by atoms with Crippen LogP contribution in [0.15, 0.2) is 66.7 Å². The van der Waals surface area contributed by atoms with E-state index in [1.165, 1.54) is 27.8 Å². The van der Waals surface area contributed by atoms with Crippen LogP contribution in [0, 0.1) is 5.41 Å². The van der Waals surface area contributed by atoms with Gasteiger partial charge >= 0.3 is 0 Å². The number of phenols is 2. The molecule has 2 aliphatic rings. The molecule has 3 aromatic carbocycles. The number of phenolic OH excluding ortho intramolecular Hbond substituents is 2. The number of hydrogen-bond donors (Lipinski definition) is 2. The molecule has 0 amide bonds. The molecule has 128 valence electrons. The summed E-state index contributed by atoms with van der Waals surface area (Å²) in [4.78, 5) is 0. The SMILES string of the molecule is Oc1ccc2c(c1)CC1(C2)Cc2ccc(O)cc2/C1=C\c1ccccc1. The normalized spacial score (nSPS) is 21.9. The van der Waals surface area contributed by atoms with Gasteiger partial charge in [0.2, 0.25) is 0 Å². The number of allylic oxidation sites excluding steroid dienone is 1. The van der Waals surface area contributed by atoms with Crippen molar-refractivity contribution in [3.05, 3.63) is 94.5 Å². The van der Waals surface area contributed by atoms with E-state index in [4.69, 9.17) is 0 Å². The zero-order valence-electron chi connectivity index (χ0n) is 14.4. The van der Waals surface area contributed by atoms with Gasteiger partial charge in [-0.15, -0.1) is 0 Å². The van der Waals surface area contributed by atoms with Crippen molar-refractivity contribution >= 4 is 11.6 Å². The second kappa shape index (κ2) is 5.50. The maximum absolute atomic E-state index is 10.1. The molecular weight excluding hydrogens is 320 g/mol. The molecule has 0 aromatic heterocycles. The average molecular weight is 340 g/mol. The lowest BCUT2D eigenvalue weighted by molar-refractivity contribution is 0.441. The first-order valence-corrected chi connectivity index (χ1v) is 9.03. The Bertz CT molecular complexity index is 1030. The summed E-state index contributed by atoms with van der Waals surface area (Å²) >= 11 is 0. The van der Waals surface area contributed by atoms with E-state index in [0.717, 1.165) is 24.8 Å². The number of fused-ring (bicyclic) bond motifs is 2. The van der Waals surface area contributed by atoms with Crippen molar-refractivity contribution in [1.29, 1.82) is 0 Å². The van der Waals surface area contributed by atoms with E-state index in [9.17, 15) is 10.2 Å². The predicted octanol–water partition coefficient (Wildman–Crippen LogP) is 4.98. The highest BCUT2D eigenvalue weighted by Crippen LogP contribution is 2.55. The van der Waals surface area contributed by atoms with Gasteiger partial charge in [-0.3, -0.25) is 0 Å². The van der Waals surface area contributed by atoms with E-state index in [1.54, 1.807) is 12.1 Å². The number of hydrogen-bond acceptors (Lipinski definition) is 2. The summed E-state index contributed by atoms with van der Waals surface area (Å²) in [5.41, 5.74) is 7.48. The maximum Gasteiger partial charge on any atom is 0.116 e. The molecule has 0 aliphatic heterocycles. The maximum atomic E-state index is 10.1. The topological polar surface area (TPSA) is 40.5 Å². The number of rotatable bonds is 1. The van der Waals surface area contributed by atoms with Gasteiger partial charge in [0.05, 0.1) is 0 Å². The highest BCUT2D eigenvalue weighted by molar-refractivity contribution is 5.90. The van der Waals surface area contributed by atoms with Gasteiger partial charge in [0.15, 0.2) is 0 Å². The molecule has 3 aromatic rings. The van der Waals surface area contributed by atoms with E-state index in [-0.39, 0.29) is 5.41 Å². The summed E-state index contributed by atoms with van der Waals surface area (Å²) in [7, 11) is 0. The molecule has 0 radical (unpaired) electrons. The van der Waals surface area contributed by atoms with Crippen molar-refractivity contribution < 1.29 is 10.2 Å². The van der Waals surface area contributed by atoms with E-state index < -0.39 is 0 Å². The third kappa shape index (κ3) is 2.33. The minimum absolute atomic E-state index is 0.00208. The summed E-state index contributed by atoms with van der Waals surface area (Å²) < 4.78 is 0. The van der Waals surface area contributed by atoms with Crippen LogP contribution >= 0.6 is 0 Å². The van der Waals surface area contributed by atoms with Crippen molar-refractivity contribution in [1.82, 2.24) is 0 Å². The van der Waals surface area contributed by atoms with E-state index in [2.05, 4.69) is 42.5 Å². The quantitative estimate of drug-likeness (QED) is 0.656. The first-order chi connectivity index (χ1) is 12.6. The van der Waals surface area contributed by atoms with E-state index >= 15 is 0 Å².